The second-order valence-electron chi connectivity index (χ2n) is 5.54. The molecule has 2 aromatic heterocycles. The first kappa shape index (κ1) is 15.5. The van der Waals surface area contributed by atoms with Crippen molar-refractivity contribution in [2.75, 3.05) is 0 Å². The summed E-state index contributed by atoms with van der Waals surface area (Å²) in [5, 5.41) is 4.81. The predicted octanol–water partition coefficient (Wildman–Crippen LogP) is 4.13. The lowest BCUT2D eigenvalue weighted by Crippen LogP contribution is -2.23. The lowest BCUT2D eigenvalue weighted by molar-refractivity contribution is 0.0947. The van der Waals surface area contributed by atoms with Gasteiger partial charge in [0.05, 0.1) is 5.69 Å². The first-order chi connectivity index (χ1) is 12.2. The van der Waals surface area contributed by atoms with E-state index in [4.69, 9.17) is 0 Å². The van der Waals surface area contributed by atoms with Crippen molar-refractivity contribution in [3.8, 4) is 11.3 Å². The SMILES string of the molecule is O=C(NCc1ccccc1)c1nc2sccn2c1-c1ccc(F)cc1. The van der Waals surface area contributed by atoms with Gasteiger partial charge in [0.1, 0.15) is 5.82 Å². The summed E-state index contributed by atoms with van der Waals surface area (Å²) in [6.45, 7) is 0.424. The molecule has 0 fully saturated rings. The highest BCUT2D eigenvalue weighted by Crippen LogP contribution is 2.27. The molecule has 25 heavy (non-hydrogen) atoms. The molecule has 0 aliphatic heterocycles. The van der Waals surface area contributed by atoms with Crippen LogP contribution in [0.4, 0.5) is 4.39 Å². The molecule has 0 aliphatic rings. The lowest BCUT2D eigenvalue weighted by Gasteiger charge is -2.06. The molecule has 0 bridgehead atoms. The minimum Gasteiger partial charge on any atom is -0.347 e. The first-order valence-corrected chi connectivity index (χ1v) is 8.64. The van der Waals surface area contributed by atoms with Crippen LogP contribution in [0.25, 0.3) is 16.2 Å². The Kier molecular flexibility index (Phi) is 4.03. The summed E-state index contributed by atoms with van der Waals surface area (Å²) in [7, 11) is 0. The number of benzene rings is 2. The van der Waals surface area contributed by atoms with Crippen molar-refractivity contribution in [2.45, 2.75) is 6.54 Å². The molecule has 0 radical (unpaired) electrons. The third-order valence-corrected chi connectivity index (χ3v) is 4.65. The highest BCUT2D eigenvalue weighted by molar-refractivity contribution is 7.15. The Labute approximate surface area is 147 Å². The third-order valence-electron chi connectivity index (χ3n) is 3.89. The smallest absolute Gasteiger partial charge is 0.272 e. The van der Waals surface area contributed by atoms with Gasteiger partial charge in [0.15, 0.2) is 10.7 Å². The summed E-state index contributed by atoms with van der Waals surface area (Å²) in [6.07, 6.45) is 1.86. The van der Waals surface area contributed by atoms with Crippen LogP contribution < -0.4 is 5.32 Å². The number of amides is 1. The van der Waals surface area contributed by atoms with E-state index in [-0.39, 0.29) is 11.7 Å². The highest BCUT2D eigenvalue weighted by atomic mass is 32.1. The number of rotatable bonds is 4. The van der Waals surface area contributed by atoms with E-state index in [1.165, 1.54) is 23.5 Å². The van der Waals surface area contributed by atoms with Crippen molar-refractivity contribution in [1.82, 2.24) is 14.7 Å². The summed E-state index contributed by atoms with van der Waals surface area (Å²) in [6, 6.07) is 15.8. The number of halogens is 1. The normalized spacial score (nSPS) is 10.9. The second kappa shape index (κ2) is 6.49. The van der Waals surface area contributed by atoms with Gasteiger partial charge in [0.25, 0.3) is 5.91 Å². The Morgan fingerprint density at radius 1 is 1.12 bits per heavy atom. The van der Waals surface area contributed by atoms with Crippen LogP contribution in [0.2, 0.25) is 0 Å². The molecule has 1 amide bonds. The molecule has 2 aromatic carbocycles. The van der Waals surface area contributed by atoms with Gasteiger partial charge in [-0.25, -0.2) is 9.37 Å². The van der Waals surface area contributed by atoms with E-state index >= 15 is 0 Å². The number of aromatic nitrogens is 2. The van der Waals surface area contributed by atoms with Gasteiger partial charge in [-0.3, -0.25) is 9.20 Å². The predicted molar refractivity (Wildman–Crippen MR) is 96.1 cm³/mol. The maximum Gasteiger partial charge on any atom is 0.272 e. The molecule has 0 spiro atoms. The number of fused-ring (bicyclic) bond motifs is 1. The highest BCUT2D eigenvalue weighted by Gasteiger charge is 2.20. The van der Waals surface area contributed by atoms with Crippen LogP contribution in [0.1, 0.15) is 16.1 Å². The number of carbonyl (C=O) groups excluding carboxylic acids is 1. The Morgan fingerprint density at radius 3 is 2.64 bits per heavy atom. The maximum atomic E-state index is 13.3. The number of nitrogens with one attached hydrogen (secondary N) is 1. The van der Waals surface area contributed by atoms with Gasteiger partial charge in [0, 0.05) is 23.7 Å². The molecular weight excluding hydrogens is 337 g/mol. The van der Waals surface area contributed by atoms with Crippen LogP contribution in [0.15, 0.2) is 66.2 Å². The second-order valence-corrected chi connectivity index (χ2v) is 6.41. The van der Waals surface area contributed by atoms with Crippen molar-refractivity contribution in [2.24, 2.45) is 0 Å². The van der Waals surface area contributed by atoms with Gasteiger partial charge in [-0.1, -0.05) is 30.3 Å². The quantitative estimate of drug-likeness (QED) is 0.601. The van der Waals surface area contributed by atoms with Crippen molar-refractivity contribution in [1.29, 1.82) is 0 Å². The van der Waals surface area contributed by atoms with E-state index in [2.05, 4.69) is 10.3 Å². The van der Waals surface area contributed by atoms with Gasteiger partial charge in [0.2, 0.25) is 0 Å². The summed E-state index contributed by atoms with van der Waals surface area (Å²) in [4.78, 5) is 17.9. The van der Waals surface area contributed by atoms with Gasteiger partial charge in [-0.05, 0) is 29.8 Å². The standard InChI is InChI=1S/C19H14FN3OS/c20-15-8-6-14(7-9-15)17-16(22-19-23(17)10-11-25-19)18(24)21-12-13-4-2-1-3-5-13/h1-11H,12H2,(H,21,24). The lowest BCUT2D eigenvalue weighted by atomic mass is 10.1. The van der Waals surface area contributed by atoms with Crippen LogP contribution in [-0.4, -0.2) is 15.3 Å². The van der Waals surface area contributed by atoms with Crippen LogP contribution in [0.3, 0.4) is 0 Å². The van der Waals surface area contributed by atoms with E-state index < -0.39 is 0 Å². The van der Waals surface area contributed by atoms with Gasteiger partial charge < -0.3 is 5.32 Å². The van der Waals surface area contributed by atoms with Crippen molar-refractivity contribution >= 4 is 22.2 Å². The Morgan fingerprint density at radius 2 is 1.88 bits per heavy atom. The number of carbonyl (C=O) groups is 1. The van der Waals surface area contributed by atoms with E-state index in [0.717, 1.165) is 16.1 Å². The van der Waals surface area contributed by atoms with Crippen molar-refractivity contribution in [3.63, 3.8) is 0 Å². The molecule has 0 aliphatic carbocycles. The topological polar surface area (TPSA) is 46.4 Å². The zero-order valence-corrected chi connectivity index (χ0v) is 14.0. The van der Waals surface area contributed by atoms with Crippen LogP contribution in [0, 0.1) is 5.82 Å². The molecule has 6 heteroatoms. The average Bonchev–Trinajstić information content (AvgIpc) is 3.22. The maximum absolute atomic E-state index is 13.3. The number of thiazole rings is 1. The minimum atomic E-state index is -0.315. The average molecular weight is 351 g/mol. The molecule has 0 saturated heterocycles. The molecule has 2 heterocycles. The molecule has 1 N–H and O–H groups in total. The van der Waals surface area contributed by atoms with E-state index in [9.17, 15) is 9.18 Å². The molecule has 4 aromatic rings. The summed E-state index contributed by atoms with van der Waals surface area (Å²) < 4.78 is 15.1. The number of hydrogen-bond acceptors (Lipinski definition) is 3. The summed E-state index contributed by atoms with van der Waals surface area (Å²) in [5.41, 5.74) is 2.77. The number of imidazole rings is 1. The fourth-order valence-corrected chi connectivity index (χ4v) is 3.40. The van der Waals surface area contributed by atoms with Gasteiger partial charge >= 0.3 is 0 Å². The zero-order valence-electron chi connectivity index (χ0n) is 13.1. The van der Waals surface area contributed by atoms with Crippen LogP contribution >= 0.6 is 11.3 Å². The van der Waals surface area contributed by atoms with Crippen molar-refractivity contribution in [3.05, 3.63) is 83.2 Å². The Bertz CT molecular complexity index is 1020. The van der Waals surface area contributed by atoms with E-state index in [1.54, 1.807) is 12.1 Å². The molecule has 124 valence electrons. The van der Waals surface area contributed by atoms with E-state index in [0.29, 0.717) is 17.9 Å². The first-order valence-electron chi connectivity index (χ1n) is 7.76. The minimum absolute atomic E-state index is 0.251. The molecule has 4 rings (SSSR count). The van der Waals surface area contributed by atoms with Crippen LogP contribution in [0.5, 0.6) is 0 Å². The number of hydrogen-bond donors (Lipinski definition) is 1. The largest absolute Gasteiger partial charge is 0.347 e. The zero-order chi connectivity index (χ0) is 17.2. The fourth-order valence-electron chi connectivity index (χ4n) is 2.69. The summed E-state index contributed by atoms with van der Waals surface area (Å²) >= 11 is 1.45. The Hall–Kier alpha value is -2.99. The molecule has 0 atom stereocenters. The Balaban J connectivity index is 1.69. The third kappa shape index (κ3) is 3.04. The molecule has 0 unspecified atom stereocenters. The fraction of sp³-hybridized carbons (Fsp3) is 0.0526. The molecule has 0 saturated carbocycles. The van der Waals surface area contributed by atoms with Crippen molar-refractivity contribution < 1.29 is 9.18 Å². The molecular formula is C19H14FN3OS. The summed E-state index contributed by atoms with van der Waals surface area (Å²) in [5.74, 6) is -0.566. The number of nitrogens with zero attached hydrogens (tertiary/aromatic N) is 2. The molecule has 4 nitrogen and oxygen atoms in total. The van der Waals surface area contributed by atoms with Crippen LogP contribution in [-0.2, 0) is 6.54 Å². The monoisotopic (exact) mass is 351 g/mol. The van der Waals surface area contributed by atoms with Gasteiger partial charge in [-0.2, -0.15) is 0 Å². The van der Waals surface area contributed by atoms with Gasteiger partial charge in [-0.15, -0.1) is 11.3 Å². The van der Waals surface area contributed by atoms with E-state index in [1.807, 2.05) is 46.3 Å².